The molecule has 0 atom stereocenters. The van der Waals surface area contributed by atoms with Crippen LogP contribution in [0, 0.1) is 0 Å². The SMILES string of the molecule is C[NH+](C)c1ccc(Br)cc1.[Br-]. The van der Waals surface area contributed by atoms with Crippen LogP contribution in [0.2, 0.25) is 0 Å². The van der Waals surface area contributed by atoms with Gasteiger partial charge in [0.1, 0.15) is 5.69 Å². The van der Waals surface area contributed by atoms with Gasteiger partial charge in [-0.1, -0.05) is 15.9 Å². The standard InChI is InChI=1S/C8H10BrN.BrH/c1-10(2)8-5-3-7(9)4-6-8;/h3-6H,1-2H3;1H. The fourth-order valence-corrected chi connectivity index (χ4v) is 1.05. The molecule has 0 heterocycles. The summed E-state index contributed by atoms with van der Waals surface area (Å²) in [5.41, 5.74) is 1.31. The minimum Gasteiger partial charge on any atom is -1.00 e. The highest BCUT2D eigenvalue weighted by molar-refractivity contribution is 9.10. The molecule has 0 saturated heterocycles. The van der Waals surface area contributed by atoms with Crippen molar-refractivity contribution in [2.24, 2.45) is 0 Å². The van der Waals surface area contributed by atoms with E-state index in [0.29, 0.717) is 0 Å². The minimum absolute atomic E-state index is 0. The second kappa shape index (κ2) is 4.91. The second-order valence-corrected chi connectivity index (χ2v) is 3.42. The van der Waals surface area contributed by atoms with E-state index in [9.17, 15) is 0 Å². The first-order chi connectivity index (χ1) is 4.70. The monoisotopic (exact) mass is 279 g/mol. The maximum absolute atomic E-state index is 3.39. The molecule has 1 rings (SSSR count). The highest BCUT2D eigenvalue weighted by atomic mass is 79.9. The topological polar surface area (TPSA) is 4.44 Å². The van der Waals surface area contributed by atoms with Crippen molar-refractivity contribution in [1.82, 2.24) is 0 Å². The predicted molar refractivity (Wildman–Crippen MR) is 46.6 cm³/mol. The van der Waals surface area contributed by atoms with Crippen LogP contribution in [-0.2, 0) is 0 Å². The Morgan fingerprint density at radius 2 is 1.55 bits per heavy atom. The van der Waals surface area contributed by atoms with Gasteiger partial charge in [-0.05, 0) is 12.1 Å². The van der Waals surface area contributed by atoms with Gasteiger partial charge in [-0.15, -0.1) is 0 Å². The highest BCUT2D eigenvalue weighted by Gasteiger charge is 1.96. The number of benzene rings is 1. The first-order valence-electron chi connectivity index (χ1n) is 3.26. The summed E-state index contributed by atoms with van der Waals surface area (Å²) in [5.74, 6) is 0. The van der Waals surface area contributed by atoms with Gasteiger partial charge in [0.25, 0.3) is 0 Å². The Kier molecular flexibility index (Phi) is 4.97. The van der Waals surface area contributed by atoms with Crippen molar-refractivity contribution in [3.8, 4) is 0 Å². The zero-order valence-electron chi connectivity index (χ0n) is 6.57. The molecule has 0 aliphatic carbocycles. The molecule has 0 radical (unpaired) electrons. The average Bonchev–Trinajstić information content (AvgIpc) is 1.88. The van der Waals surface area contributed by atoms with Crippen molar-refractivity contribution in [2.45, 2.75) is 0 Å². The van der Waals surface area contributed by atoms with Gasteiger partial charge in [-0.2, -0.15) is 0 Å². The lowest BCUT2D eigenvalue weighted by molar-refractivity contribution is -0.786. The van der Waals surface area contributed by atoms with E-state index in [1.165, 1.54) is 10.6 Å². The Morgan fingerprint density at radius 3 is 1.91 bits per heavy atom. The van der Waals surface area contributed by atoms with Crippen LogP contribution < -0.4 is 21.9 Å². The van der Waals surface area contributed by atoms with Crippen LogP contribution in [0.15, 0.2) is 28.7 Å². The van der Waals surface area contributed by atoms with Gasteiger partial charge >= 0.3 is 0 Å². The Morgan fingerprint density at radius 1 is 1.09 bits per heavy atom. The number of hydrogen-bond donors (Lipinski definition) is 1. The maximum Gasteiger partial charge on any atom is 0.130 e. The zero-order valence-corrected chi connectivity index (χ0v) is 9.74. The molecule has 1 nitrogen and oxygen atoms in total. The van der Waals surface area contributed by atoms with E-state index in [1.54, 1.807) is 0 Å². The van der Waals surface area contributed by atoms with Gasteiger partial charge < -0.3 is 21.9 Å². The Bertz CT molecular complexity index is 206. The fraction of sp³-hybridized carbons (Fsp3) is 0.250. The Hall–Kier alpha value is 0.140. The van der Waals surface area contributed by atoms with Crippen LogP contribution in [0.5, 0.6) is 0 Å². The van der Waals surface area contributed by atoms with Crippen molar-refractivity contribution in [1.29, 1.82) is 0 Å². The predicted octanol–water partition coefficient (Wildman–Crippen LogP) is -1.77. The molecule has 0 aliphatic heterocycles. The maximum atomic E-state index is 3.39. The minimum atomic E-state index is 0. The van der Waals surface area contributed by atoms with E-state index in [1.807, 2.05) is 0 Å². The van der Waals surface area contributed by atoms with E-state index in [2.05, 4.69) is 54.3 Å². The van der Waals surface area contributed by atoms with Gasteiger partial charge in [-0.3, -0.25) is 0 Å². The molecule has 0 amide bonds. The summed E-state index contributed by atoms with van der Waals surface area (Å²) in [6.07, 6.45) is 0. The van der Waals surface area contributed by atoms with Crippen molar-refractivity contribution in [2.75, 3.05) is 14.1 Å². The van der Waals surface area contributed by atoms with Crippen LogP contribution in [0.3, 0.4) is 0 Å². The molecule has 0 unspecified atom stereocenters. The van der Waals surface area contributed by atoms with Gasteiger partial charge in [-0.25, -0.2) is 0 Å². The fourth-order valence-electron chi connectivity index (χ4n) is 0.783. The van der Waals surface area contributed by atoms with Gasteiger partial charge in [0.2, 0.25) is 0 Å². The molecule has 0 saturated carbocycles. The molecule has 11 heavy (non-hydrogen) atoms. The first kappa shape index (κ1) is 11.1. The number of hydrogen-bond acceptors (Lipinski definition) is 0. The quantitative estimate of drug-likeness (QED) is 0.621. The number of rotatable bonds is 1. The summed E-state index contributed by atoms with van der Waals surface area (Å²) >= 11 is 3.39. The van der Waals surface area contributed by atoms with E-state index in [4.69, 9.17) is 0 Å². The summed E-state index contributed by atoms with van der Waals surface area (Å²) in [6.45, 7) is 0. The van der Waals surface area contributed by atoms with Gasteiger partial charge in [0.05, 0.1) is 14.1 Å². The number of nitrogens with one attached hydrogen (secondary N) is 1. The van der Waals surface area contributed by atoms with Crippen molar-refractivity contribution in [3.05, 3.63) is 28.7 Å². The zero-order chi connectivity index (χ0) is 7.56. The van der Waals surface area contributed by atoms with E-state index < -0.39 is 0 Å². The molecule has 1 N–H and O–H groups in total. The third-order valence-corrected chi connectivity index (χ3v) is 1.95. The van der Waals surface area contributed by atoms with Crippen LogP contribution >= 0.6 is 15.9 Å². The van der Waals surface area contributed by atoms with Gasteiger partial charge in [0, 0.05) is 16.6 Å². The average molecular weight is 281 g/mol. The van der Waals surface area contributed by atoms with Gasteiger partial charge in [0.15, 0.2) is 0 Å². The molecule has 0 spiro atoms. The molecule has 0 aliphatic rings. The third kappa shape index (κ3) is 3.36. The van der Waals surface area contributed by atoms with Crippen LogP contribution in [0.1, 0.15) is 0 Å². The lowest BCUT2D eigenvalue weighted by Gasteiger charge is -2.04. The first-order valence-corrected chi connectivity index (χ1v) is 4.05. The van der Waals surface area contributed by atoms with Crippen molar-refractivity contribution < 1.29 is 21.9 Å². The van der Waals surface area contributed by atoms with E-state index in [-0.39, 0.29) is 17.0 Å². The molecule has 1 aromatic carbocycles. The molecule has 62 valence electrons. The lowest BCUT2D eigenvalue weighted by Crippen LogP contribution is -3.00. The Labute approximate surface area is 86.3 Å². The van der Waals surface area contributed by atoms with E-state index >= 15 is 0 Å². The summed E-state index contributed by atoms with van der Waals surface area (Å²) < 4.78 is 1.14. The molecule has 0 aromatic heterocycles. The van der Waals surface area contributed by atoms with E-state index in [0.717, 1.165) is 4.47 Å². The molecule has 3 heteroatoms. The molecular weight excluding hydrogens is 270 g/mol. The highest BCUT2D eigenvalue weighted by Crippen LogP contribution is 2.10. The molecule has 0 bridgehead atoms. The molecule has 1 aromatic rings. The summed E-state index contributed by atoms with van der Waals surface area (Å²) in [7, 11) is 4.23. The smallest absolute Gasteiger partial charge is 0.130 e. The Balaban J connectivity index is 0.000001000. The summed E-state index contributed by atoms with van der Waals surface area (Å²) in [4.78, 5) is 1.35. The van der Waals surface area contributed by atoms with Crippen molar-refractivity contribution in [3.63, 3.8) is 0 Å². The summed E-state index contributed by atoms with van der Waals surface area (Å²) in [6, 6.07) is 8.34. The molecular formula is C8H11Br2N. The van der Waals surface area contributed by atoms with Crippen molar-refractivity contribution >= 4 is 21.6 Å². The second-order valence-electron chi connectivity index (χ2n) is 2.51. The van der Waals surface area contributed by atoms with Crippen LogP contribution in [-0.4, -0.2) is 14.1 Å². The van der Waals surface area contributed by atoms with Crippen LogP contribution in [0.4, 0.5) is 5.69 Å². The summed E-state index contributed by atoms with van der Waals surface area (Å²) in [5, 5.41) is 0. The van der Waals surface area contributed by atoms with Crippen LogP contribution in [0.25, 0.3) is 0 Å². The molecule has 0 fully saturated rings. The largest absolute Gasteiger partial charge is 1.00 e. The number of halogens is 2. The number of quaternary nitrogens is 1. The normalized spacial score (nSPS) is 9.45. The lowest BCUT2D eigenvalue weighted by atomic mass is 10.3. The third-order valence-electron chi connectivity index (χ3n) is 1.42.